The first-order chi connectivity index (χ1) is 10.6. The van der Waals surface area contributed by atoms with Crippen molar-refractivity contribution in [3.63, 3.8) is 0 Å². The summed E-state index contributed by atoms with van der Waals surface area (Å²) in [5.74, 6) is 0.265. The Labute approximate surface area is 137 Å². The van der Waals surface area contributed by atoms with Crippen LogP contribution in [-0.4, -0.2) is 18.6 Å². The van der Waals surface area contributed by atoms with Crippen molar-refractivity contribution < 1.29 is 0 Å². The molecule has 1 atom stereocenters. The van der Waals surface area contributed by atoms with E-state index < -0.39 is 0 Å². The number of aryl methyl sites for hydroxylation is 1. The molecule has 0 aliphatic carbocycles. The molecule has 116 valence electrons. The molecular formula is C19H23ClN2. The quantitative estimate of drug-likeness (QED) is 0.696. The van der Waals surface area contributed by atoms with Crippen molar-refractivity contribution in [3.05, 3.63) is 76.6 Å². The third-order valence-electron chi connectivity index (χ3n) is 3.85. The topological polar surface area (TPSA) is 27.8 Å². The summed E-state index contributed by atoms with van der Waals surface area (Å²) in [7, 11) is 1.97. The predicted octanol–water partition coefficient (Wildman–Crippen LogP) is 4.94. The van der Waals surface area contributed by atoms with Crippen molar-refractivity contribution in [2.75, 3.05) is 13.6 Å². The van der Waals surface area contributed by atoms with E-state index in [4.69, 9.17) is 11.6 Å². The second-order valence-corrected chi connectivity index (χ2v) is 5.90. The molecule has 2 nitrogen and oxygen atoms in total. The highest BCUT2D eigenvalue weighted by atomic mass is 35.5. The van der Waals surface area contributed by atoms with Crippen LogP contribution in [0.15, 0.2) is 54.8 Å². The molecule has 2 N–H and O–H groups in total. The van der Waals surface area contributed by atoms with E-state index in [1.54, 1.807) is 0 Å². The van der Waals surface area contributed by atoms with Crippen molar-refractivity contribution in [1.29, 1.82) is 0 Å². The molecule has 1 heterocycles. The van der Waals surface area contributed by atoms with Gasteiger partial charge in [-0.1, -0.05) is 42.5 Å². The monoisotopic (exact) mass is 314 g/mol. The summed E-state index contributed by atoms with van der Waals surface area (Å²) in [5, 5.41) is 3.98. The maximum atomic E-state index is 6.14. The minimum absolute atomic E-state index is 0.265. The van der Waals surface area contributed by atoms with E-state index in [0.29, 0.717) is 0 Å². The molecule has 0 aliphatic heterocycles. The summed E-state index contributed by atoms with van der Waals surface area (Å²) in [6.07, 6.45) is 7.17. The van der Waals surface area contributed by atoms with Crippen LogP contribution in [0.2, 0.25) is 5.02 Å². The van der Waals surface area contributed by atoms with Crippen LogP contribution in [-0.2, 0) is 0 Å². The zero-order valence-electron chi connectivity index (χ0n) is 13.2. The maximum absolute atomic E-state index is 6.14. The zero-order chi connectivity index (χ0) is 15.9. The maximum Gasteiger partial charge on any atom is 0.0408 e. The van der Waals surface area contributed by atoms with Gasteiger partial charge in [0.15, 0.2) is 0 Å². The molecule has 0 aliphatic rings. The minimum atomic E-state index is 0.265. The average molecular weight is 315 g/mol. The Kier molecular flexibility index (Phi) is 6.05. The Morgan fingerprint density at radius 1 is 1.41 bits per heavy atom. The van der Waals surface area contributed by atoms with Crippen LogP contribution in [0.5, 0.6) is 0 Å². The van der Waals surface area contributed by atoms with Gasteiger partial charge in [0.25, 0.3) is 0 Å². The van der Waals surface area contributed by atoms with Gasteiger partial charge in [-0.2, -0.15) is 0 Å². The van der Waals surface area contributed by atoms with E-state index in [1.807, 2.05) is 31.4 Å². The fourth-order valence-corrected chi connectivity index (χ4v) is 2.74. The van der Waals surface area contributed by atoms with Gasteiger partial charge in [-0.15, -0.1) is 0 Å². The van der Waals surface area contributed by atoms with Crippen LogP contribution >= 0.6 is 11.6 Å². The van der Waals surface area contributed by atoms with E-state index in [9.17, 15) is 0 Å². The molecule has 0 fully saturated rings. The third-order valence-corrected chi connectivity index (χ3v) is 4.09. The van der Waals surface area contributed by atoms with Crippen LogP contribution in [0.3, 0.4) is 0 Å². The van der Waals surface area contributed by atoms with E-state index in [1.165, 1.54) is 16.8 Å². The first-order valence-corrected chi connectivity index (χ1v) is 7.90. The van der Waals surface area contributed by atoms with Crippen LogP contribution in [0, 0.1) is 6.92 Å². The molecule has 0 saturated heterocycles. The number of hydrogen-bond acceptors (Lipinski definition) is 1. The molecule has 3 heteroatoms. The highest BCUT2D eigenvalue weighted by Gasteiger charge is 2.13. The lowest BCUT2D eigenvalue weighted by Crippen LogP contribution is -2.13. The van der Waals surface area contributed by atoms with E-state index in [0.717, 1.165) is 23.6 Å². The standard InChI is InChI=1S/C19H23ClN2/c1-14(7-8-16-9-12-22-15(16)2)19(10-11-21-3)17-5-4-6-18(20)13-17/h4-9,12-13,19,21-22H,1,10-11H2,2-3H3/b8-7-. The molecule has 2 aromatic rings. The number of nitrogens with one attached hydrogen (secondary N) is 2. The lowest BCUT2D eigenvalue weighted by Gasteiger charge is -2.18. The zero-order valence-corrected chi connectivity index (χ0v) is 14.0. The van der Waals surface area contributed by atoms with E-state index in [2.05, 4.69) is 48.1 Å². The molecule has 0 amide bonds. The van der Waals surface area contributed by atoms with Gasteiger partial charge in [0, 0.05) is 22.8 Å². The minimum Gasteiger partial charge on any atom is -0.365 e. The third kappa shape index (κ3) is 4.36. The second kappa shape index (κ2) is 8.02. The van der Waals surface area contributed by atoms with Crippen molar-refractivity contribution in [2.45, 2.75) is 19.3 Å². The van der Waals surface area contributed by atoms with Gasteiger partial charge >= 0.3 is 0 Å². The van der Waals surface area contributed by atoms with Gasteiger partial charge in [0.1, 0.15) is 0 Å². The van der Waals surface area contributed by atoms with E-state index >= 15 is 0 Å². The number of rotatable bonds is 7. The smallest absolute Gasteiger partial charge is 0.0408 e. The number of aromatic amines is 1. The summed E-state index contributed by atoms with van der Waals surface area (Å²) < 4.78 is 0. The molecule has 1 aromatic carbocycles. The van der Waals surface area contributed by atoms with Gasteiger partial charge < -0.3 is 10.3 Å². The largest absolute Gasteiger partial charge is 0.365 e. The van der Waals surface area contributed by atoms with Gasteiger partial charge in [-0.05, 0) is 61.8 Å². The number of allylic oxidation sites excluding steroid dienone is 2. The molecule has 1 unspecified atom stereocenters. The van der Waals surface area contributed by atoms with Crippen LogP contribution < -0.4 is 5.32 Å². The summed E-state index contributed by atoms with van der Waals surface area (Å²) in [4.78, 5) is 3.19. The lowest BCUT2D eigenvalue weighted by molar-refractivity contribution is 0.662. The molecule has 0 bridgehead atoms. The van der Waals surface area contributed by atoms with E-state index in [-0.39, 0.29) is 5.92 Å². The Morgan fingerprint density at radius 2 is 2.23 bits per heavy atom. The van der Waals surface area contributed by atoms with Gasteiger partial charge in [-0.25, -0.2) is 0 Å². The van der Waals surface area contributed by atoms with Crippen molar-refractivity contribution in [1.82, 2.24) is 10.3 Å². The number of hydrogen-bond donors (Lipinski definition) is 2. The molecule has 0 saturated carbocycles. The second-order valence-electron chi connectivity index (χ2n) is 5.47. The van der Waals surface area contributed by atoms with Crippen LogP contribution in [0.1, 0.15) is 29.2 Å². The lowest BCUT2D eigenvalue weighted by atomic mass is 9.88. The average Bonchev–Trinajstić information content (AvgIpc) is 2.91. The number of aromatic nitrogens is 1. The summed E-state index contributed by atoms with van der Waals surface area (Å²) >= 11 is 6.14. The first kappa shape index (κ1) is 16.6. The summed E-state index contributed by atoms with van der Waals surface area (Å²) in [6, 6.07) is 10.1. The Balaban J connectivity index is 2.19. The highest BCUT2D eigenvalue weighted by Crippen LogP contribution is 2.29. The predicted molar refractivity (Wildman–Crippen MR) is 96.4 cm³/mol. The fourth-order valence-electron chi connectivity index (χ4n) is 2.54. The highest BCUT2D eigenvalue weighted by molar-refractivity contribution is 6.30. The molecule has 2 rings (SSSR count). The molecule has 0 radical (unpaired) electrons. The SMILES string of the molecule is C=C(/C=C\c1cc[nH]c1C)C(CCNC)c1cccc(Cl)c1. The Bertz CT molecular complexity index is 655. The van der Waals surface area contributed by atoms with Crippen molar-refractivity contribution in [2.24, 2.45) is 0 Å². The van der Waals surface area contributed by atoms with Crippen molar-refractivity contribution in [3.8, 4) is 0 Å². The van der Waals surface area contributed by atoms with Gasteiger partial charge in [0.2, 0.25) is 0 Å². The van der Waals surface area contributed by atoms with Gasteiger partial charge in [-0.3, -0.25) is 0 Å². The fraction of sp³-hybridized carbons (Fsp3) is 0.263. The summed E-state index contributed by atoms with van der Waals surface area (Å²) in [6.45, 7) is 7.28. The molecular weight excluding hydrogens is 292 g/mol. The van der Waals surface area contributed by atoms with Crippen LogP contribution in [0.4, 0.5) is 0 Å². The molecule has 1 aromatic heterocycles. The van der Waals surface area contributed by atoms with Gasteiger partial charge in [0.05, 0.1) is 0 Å². The normalized spacial score (nSPS) is 12.7. The first-order valence-electron chi connectivity index (χ1n) is 7.52. The number of halogens is 1. The van der Waals surface area contributed by atoms with Crippen LogP contribution in [0.25, 0.3) is 6.08 Å². The number of benzene rings is 1. The molecule has 0 spiro atoms. The Morgan fingerprint density at radius 3 is 2.86 bits per heavy atom. The summed E-state index contributed by atoms with van der Waals surface area (Å²) in [5.41, 5.74) is 4.67. The molecule has 22 heavy (non-hydrogen) atoms. The van der Waals surface area contributed by atoms with Crippen molar-refractivity contribution >= 4 is 17.7 Å². The Hall–Kier alpha value is -1.77. The number of H-pyrrole nitrogens is 1.